The van der Waals surface area contributed by atoms with Crippen molar-refractivity contribution in [2.75, 3.05) is 13.7 Å². The van der Waals surface area contributed by atoms with Crippen LogP contribution < -0.4 is 0 Å². The van der Waals surface area contributed by atoms with E-state index in [0.717, 1.165) is 12.8 Å². The maximum absolute atomic E-state index is 13.7. The molecule has 2 fully saturated rings. The van der Waals surface area contributed by atoms with Crippen molar-refractivity contribution >= 4 is 17.8 Å². The monoisotopic (exact) mass is 461 g/mol. The van der Waals surface area contributed by atoms with Crippen molar-refractivity contribution in [1.82, 2.24) is 4.90 Å². The second-order valence-corrected chi connectivity index (χ2v) is 9.56. The van der Waals surface area contributed by atoms with Gasteiger partial charge in [-0.15, -0.1) is 0 Å². The molecule has 0 saturated carbocycles. The van der Waals surface area contributed by atoms with Gasteiger partial charge in [0.05, 0.1) is 11.5 Å². The summed E-state index contributed by atoms with van der Waals surface area (Å²) in [5.41, 5.74) is -0.125. The highest BCUT2D eigenvalue weighted by molar-refractivity contribution is 5.91. The summed E-state index contributed by atoms with van der Waals surface area (Å²) < 4.78 is 22.7. The number of carbonyl (C=O) groups excluding carboxylic acids is 3. The molecule has 0 bridgehead atoms. The third-order valence-corrected chi connectivity index (χ3v) is 5.91. The van der Waals surface area contributed by atoms with Gasteiger partial charge in [0.15, 0.2) is 6.10 Å². The molecule has 8 heteroatoms. The van der Waals surface area contributed by atoms with E-state index in [1.54, 1.807) is 49.9 Å². The zero-order chi connectivity index (χ0) is 24.2. The minimum atomic E-state index is -1.71. The van der Waals surface area contributed by atoms with E-state index in [-0.39, 0.29) is 5.91 Å². The quantitative estimate of drug-likeness (QED) is 0.547. The number of rotatable bonds is 8. The molecule has 33 heavy (non-hydrogen) atoms. The first-order valence-electron chi connectivity index (χ1n) is 11.7. The van der Waals surface area contributed by atoms with E-state index < -0.39 is 41.6 Å². The first kappa shape index (κ1) is 25.2. The minimum Gasteiger partial charge on any atom is -0.458 e. The fourth-order valence-electron chi connectivity index (χ4n) is 4.34. The molecule has 2 saturated heterocycles. The van der Waals surface area contributed by atoms with Gasteiger partial charge in [0.1, 0.15) is 11.6 Å². The number of cyclic esters (lactones) is 1. The van der Waals surface area contributed by atoms with E-state index in [1.807, 2.05) is 13.0 Å². The summed E-state index contributed by atoms with van der Waals surface area (Å²) in [5, 5.41) is 0. The Bertz CT molecular complexity index is 850. The molecule has 1 unspecified atom stereocenters. The van der Waals surface area contributed by atoms with Crippen molar-refractivity contribution in [3.05, 3.63) is 35.9 Å². The molecule has 0 radical (unpaired) electrons. The maximum Gasteiger partial charge on any atom is 0.359 e. The lowest BCUT2D eigenvalue weighted by Gasteiger charge is -2.31. The lowest BCUT2D eigenvalue weighted by Crippen LogP contribution is -2.49. The summed E-state index contributed by atoms with van der Waals surface area (Å²) in [7, 11) is 1.39. The third kappa shape index (κ3) is 5.55. The van der Waals surface area contributed by atoms with Crippen molar-refractivity contribution in [2.45, 2.75) is 83.5 Å². The van der Waals surface area contributed by atoms with Crippen molar-refractivity contribution < 1.29 is 33.3 Å². The normalized spacial score (nSPS) is 26.2. The average Bonchev–Trinajstić information content (AvgIpc) is 3.39. The second kappa shape index (κ2) is 10.2. The van der Waals surface area contributed by atoms with E-state index in [9.17, 15) is 14.4 Å². The number of benzene rings is 1. The number of unbranched alkanes of at least 4 members (excludes halogenated alkanes) is 1. The zero-order valence-electron chi connectivity index (χ0n) is 20.2. The molecule has 1 aromatic carbocycles. The number of ether oxygens (including phenoxy) is 4. The zero-order valence-corrected chi connectivity index (χ0v) is 20.2. The molecule has 2 heterocycles. The number of hydrogen-bond acceptors (Lipinski definition) is 7. The second-order valence-electron chi connectivity index (χ2n) is 9.56. The van der Waals surface area contributed by atoms with Crippen LogP contribution in [0, 0.1) is 5.92 Å². The number of hydrogen-bond donors (Lipinski definition) is 0. The van der Waals surface area contributed by atoms with Gasteiger partial charge in [-0.25, -0.2) is 9.59 Å². The molecular formula is C25H35NO7. The topological polar surface area (TPSA) is 91.4 Å². The van der Waals surface area contributed by atoms with Crippen molar-refractivity contribution in [3.8, 4) is 0 Å². The van der Waals surface area contributed by atoms with E-state index in [1.165, 1.54) is 7.11 Å². The fourth-order valence-corrected chi connectivity index (χ4v) is 4.34. The predicted molar refractivity (Wildman–Crippen MR) is 120 cm³/mol. The van der Waals surface area contributed by atoms with Crippen molar-refractivity contribution in [1.29, 1.82) is 0 Å². The molecule has 0 aromatic heterocycles. The highest BCUT2D eigenvalue weighted by Gasteiger charge is 2.55. The first-order chi connectivity index (χ1) is 15.6. The van der Waals surface area contributed by atoms with Gasteiger partial charge in [-0.2, -0.15) is 0 Å². The van der Waals surface area contributed by atoms with Crippen molar-refractivity contribution in [2.24, 2.45) is 5.92 Å². The van der Waals surface area contributed by atoms with Gasteiger partial charge in [0, 0.05) is 13.7 Å². The van der Waals surface area contributed by atoms with E-state index in [2.05, 4.69) is 0 Å². The Morgan fingerprint density at radius 2 is 1.94 bits per heavy atom. The van der Waals surface area contributed by atoms with Crippen LogP contribution >= 0.6 is 0 Å². The number of nitrogens with zero attached hydrogens (tertiary/aromatic N) is 1. The van der Waals surface area contributed by atoms with Gasteiger partial charge in [-0.3, -0.25) is 9.53 Å². The molecule has 1 aromatic rings. The van der Waals surface area contributed by atoms with Gasteiger partial charge in [0.25, 0.3) is 0 Å². The first-order valence-corrected chi connectivity index (χ1v) is 11.7. The van der Waals surface area contributed by atoms with Crippen LogP contribution in [-0.4, -0.2) is 54.1 Å². The largest absolute Gasteiger partial charge is 0.458 e. The van der Waals surface area contributed by atoms with E-state index in [0.29, 0.717) is 31.4 Å². The summed E-state index contributed by atoms with van der Waals surface area (Å²) in [6.45, 7) is 7.84. The van der Waals surface area contributed by atoms with E-state index in [4.69, 9.17) is 18.9 Å². The Morgan fingerprint density at radius 3 is 2.55 bits per heavy atom. The Hall–Kier alpha value is -2.45. The summed E-state index contributed by atoms with van der Waals surface area (Å²) in [5.74, 6) is -3.86. The van der Waals surface area contributed by atoms with Gasteiger partial charge >= 0.3 is 17.9 Å². The number of esters is 2. The number of carbonyl (C=O) groups is 3. The van der Waals surface area contributed by atoms with E-state index >= 15 is 0 Å². The minimum absolute atomic E-state index is 0.293. The fraction of sp³-hybridized carbons (Fsp3) is 0.640. The molecule has 0 aliphatic carbocycles. The Labute approximate surface area is 195 Å². The molecule has 2 aliphatic rings. The smallest absolute Gasteiger partial charge is 0.359 e. The van der Waals surface area contributed by atoms with Crippen molar-refractivity contribution in [3.63, 3.8) is 0 Å². The van der Waals surface area contributed by atoms with Gasteiger partial charge in [0.2, 0.25) is 5.91 Å². The van der Waals surface area contributed by atoms with Crippen LogP contribution in [0.15, 0.2) is 30.3 Å². The Kier molecular flexibility index (Phi) is 7.80. The standard InChI is InChI=1S/C25H35NO7/c1-6-7-14-18(21(27)26-16-11-15-19(26)22(28)32-24(2,3)4)20-23(29)33-25(30-5,31-20)17-12-9-8-10-13-17/h8-10,12-13,18-20H,6-7,11,14-16H2,1-5H3/t18-,19+,20+,25?/m1/s1. The lowest BCUT2D eigenvalue weighted by atomic mass is 9.94. The van der Waals surface area contributed by atoms with Crippen LogP contribution in [0.4, 0.5) is 0 Å². The van der Waals surface area contributed by atoms with Gasteiger partial charge in [-0.05, 0) is 52.2 Å². The van der Waals surface area contributed by atoms with Crippen LogP contribution in [0.25, 0.3) is 0 Å². The molecule has 1 amide bonds. The average molecular weight is 462 g/mol. The third-order valence-electron chi connectivity index (χ3n) is 5.91. The Morgan fingerprint density at radius 1 is 1.24 bits per heavy atom. The number of amides is 1. The highest BCUT2D eigenvalue weighted by atomic mass is 16.9. The molecule has 0 N–H and O–H groups in total. The summed E-state index contributed by atoms with van der Waals surface area (Å²) in [4.78, 5) is 41.0. The number of methoxy groups -OCH3 is 1. The predicted octanol–water partition coefficient (Wildman–Crippen LogP) is 3.52. The van der Waals surface area contributed by atoms with Crippen LogP contribution in [0.3, 0.4) is 0 Å². The highest BCUT2D eigenvalue weighted by Crippen LogP contribution is 2.40. The molecule has 8 nitrogen and oxygen atoms in total. The van der Waals surface area contributed by atoms with Crippen LogP contribution in [0.5, 0.6) is 0 Å². The van der Waals surface area contributed by atoms with Crippen LogP contribution in [0.2, 0.25) is 0 Å². The molecular weight excluding hydrogens is 426 g/mol. The van der Waals surface area contributed by atoms with Crippen LogP contribution in [0.1, 0.15) is 65.4 Å². The molecule has 182 valence electrons. The van der Waals surface area contributed by atoms with Gasteiger partial charge < -0.3 is 19.1 Å². The molecule has 4 atom stereocenters. The van der Waals surface area contributed by atoms with Crippen LogP contribution in [-0.2, 0) is 39.3 Å². The molecule has 3 rings (SSSR count). The SMILES string of the molecule is CCCC[C@@H](C(=O)N1CCC[C@H]1C(=O)OC(C)(C)C)[C@@H]1OC(OC)(c2ccccc2)OC1=O. The lowest BCUT2D eigenvalue weighted by molar-refractivity contribution is -0.335. The summed E-state index contributed by atoms with van der Waals surface area (Å²) >= 11 is 0. The summed E-state index contributed by atoms with van der Waals surface area (Å²) in [6.07, 6.45) is 2.08. The van der Waals surface area contributed by atoms with Gasteiger partial charge in [-0.1, -0.05) is 38.0 Å². The number of likely N-dealkylation sites (tertiary alicyclic amines) is 1. The molecule has 0 spiro atoms. The summed E-state index contributed by atoms with van der Waals surface area (Å²) in [6, 6.07) is 8.21. The molecule has 2 aliphatic heterocycles. The maximum atomic E-state index is 13.7. The Balaban J connectivity index is 1.85.